The second kappa shape index (κ2) is 5.95. The number of hydrogen-bond donors (Lipinski definition) is 0. The average molecular weight is 315 g/mol. The highest BCUT2D eigenvalue weighted by Crippen LogP contribution is 2.33. The number of nitrogens with zero attached hydrogens (tertiary/aromatic N) is 3. The summed E-state index contributed by atoms with van der Waals surface area (Å²) in [6, 6.07) is 3.97. The van der Waals surface area contributed by atoms with E-state index >= 15 is 0 Å². The van der Waals surface area contributed by atoms with Gasteiger partial charge in [-0.25, -0.2) is 0 Å². The predicted octanol–water partition coefficient (Wildman–Crippen LogP) is 1.94. The average Bonchev–Trinajstić information content (AvgIpc) is 2.91. The molecule has 1 aromatic carbocycles. The lowest BCUT2D eigenvalue weighted by atomic mass is 9.98. The van der Waals surface area contributed by atoms with Gasteiger partial charge in [0, 0.05) is 25.8 Å². The van der Waals surface area contributed by atoms with Crippen LogP contribution in [0.5, 0.6) is 11.5 Å². The van der Waals surface area contributed by atoms with Gasteiger partial charge in [0.2, 0.25) is 0 Å². The van der Waals surface area contributed by atoms with E-state index in [1.54, 1.807) is 25.1 Å². The molecule has 0 radical (unpaired) electrons. The van der Waals surface area contributed by atoms with Crippen molar-refractivity contribution in [1.82, 2.24) is 14.7 Å². The van der Waals surface area contributed by atoms with Crippen molar-refractivity contribution in [2.45, 2.75) is 19.9 Å². The van der Waals surface area contributed by atoms with E-state index in [1.165, 1.54) is 5.56 Å². The maximum absolute atomic E-state index is 12.7. The van der Waals surface area contributed by atoms with E-state index in [1.807, 2.05) is 31.0 Å². The molecule has 0 N–H and O–H groups in total. The number of ether oxygens (including phenoxy) is 2. The fourth-order valence-corrected chi connectivity index (χ4v) is 2.94. The quantitative estimate of drug-likeness (QED) is 0.868. The second-order valence-corrected chi connectivity index (χ2v) is 5.72. The van der Waals surface area contributed by atoms with Crippen molar-refractivity contribution in [1.29, 1.82) is 0 Å². The van der Waals surface area contributed by atoms with Crippen molar-refractivity contribution in [2.24, 2.45) is 7.05 Å². The molecule has 0 spiro atoms. The van der Waals surface area contributed by atoms with Crippen LogP contribution in [0.15, 0.2) is 18.3 Å². The molecule has 1 aliphatic heterocycles. The summed E-state index contributed by atoms with van der Waals surface area (Å²) in [6.45, 7) is 3.17. The molecule has 2 aromatic rings. The largest absolute Gasteiger partial charge is 0.493 e. The number of fused-ring (bicyclic) bond motifs is 1. The molecule has 1 amide bonds. The normalized spacial score (nSPS) is 13.7. The number of carbonyl (C=O) groups excluding carboxylic acids is 1. The second-order valence-electron chi connectivity index (χ2n) is 5.72. The Bertz CT molecular complexity index is 752. The molecule has 2 heterocycles. The van der Waals surface area contributed by atoms with Gasteiger partial charge in [0.05, 0.1) is 26.0 Å². The third-order valence-electron chi connectivity index (χ3n) is 4.47. The van der Waals surface area contributed by atoms with Gasteiger partial charge in [-0.05, 0) is 36.6 Å². The molecule has 1 aromatic heterocycles. The van der Waals surface area contributed by atoms with E-state index in [-0.39, 0.29) is 5.91 Å². The molecule has 122 valence electrons. The first kappa shape index (κ1) is 15.4. The van der Waals surface area contributed by atoms with Crippen LogP contribution in [0.3, 0.4) is 0 Å². The van der Waals surface area contributed by atoms with E-state index in [9.17, 15) is 4.79 Å². The predicted molar refractivity (Wildman–Crippen MR) is 85.9 cm³/mol. The van der Waals surface area contributed by atoms with E-state index in [2.05, 4.69) is 5.10 Å². The maximum Gasteiger partial charge on any atom is 0.257 e. The zero-order chi connectivity index (χ0) is 16.6. The zero-order valence-corrected chi connectivity index (χ0v) is 13.9. The third kappa shape index (κ3) is 2.65. The first-order chi connectivity index (χ1) is 11.0. The van der Waals surface area contributed by atoms with Crippen LogP contribution >= 0.6 is 0 Å². The summed E-state index contributed by atoms with van der Waals surface area (Å²) < 4.78 is 12.4. The molecule has 0 fully saturated rings. The van der Waals surface area contributed by atoms with Gasteiger partial charge in [-0.15, -0.1) is 0 Å². The van der Waals surface area contributed by atoms with E-state index in [0.717, 1.165) is 23.4 Å². The number of amides is 1. The smallest absolute Gasteiger partial charge is 0.257 e. The summed E-state index contributed by atoms with van der Waals surface area (Å²) in [4.78, 5) is 14.6. The lowest BCUT2D eigenvalue weighted by Gasteiger charge is -2.29. The number of carbonyl (C=O) groups is 1. The zero-order valence-electron chi connectivity index (χ0n) is 13.9. The first-order valence-electron chi connectivity index (χ1n) is 7.56. The van der Waals surface area contributed by atoms with Crippen LogP contribution in [-0.2, 0) is 20.0 Å². The van der Waals surface area contributed by atoms with Gasteiger partial charge in [-0.2, -0.15) is 5.10 Å². The molecule has 1 aliphatic rings. The van der Waals surface area contributed by atoms with Gasteiger partial charge in [0.15, 0.2) is 11.5 Å². The van der Waals surface area contributed by atoms with Gasteiger partial charge in [0.25, 0.3) is 5.91 Å². The summed E-state index contributed by atoms with van der Waals surface area (Å²) >= 11 is 0. The minimum absolute atomic E-state index is 0.0241. The molecule has 0 atom stereocenters. The van der Waals surface area contributed by atoms with Crippen LogP contribution in [0.25, 0.3) is 0 Å². The maximum atomic E-state index is 12.7. The Morgan fingerprint density at radius 1 is 1.17 bits per heavy atom. The number of methoxy groups -OCH3 is 2. The molecular formula is C17H21N3O3. The van der Waals surface area contributed by atoms with Crippen molar-refractivity contribution in [2.75, 3.05) is 20.8 Å². The molecule has 6 heteroatoms. The van der Waals surface area contributed by atoms with Gasteiger partial charge < -0.3 is 14.4 Å². The monoisotopic (exact) mass is 315 g/mol. The highest BCUT2D eigenvalue weighted by atomic mass is 16.5. The molecule has 6 nitrogen and oxygen atoms in total. The molecule has 3 rings (SSSR count). The van der Waals surface area contributed by atoms with Gasteiger partial charge in [-0.3, -0.25) is 9.48 Å². The minimum atomic E-state index is 0.0241. The van der Waals surface area contributed by atoms with Crippen molar-refractivity contribution in [3.8, 4) is 11.5 Å². The van der Waals surface area contributed by atoms with Crippen LogP contribution in [0.1, 0.15) is 27.2 Å². The fourth-order valence-electron chi connectivity index (χ4n) is 2.94. The number of aromatic nitrogens is 2. The Hall–Kier alpha value is -2.50. The van der Waals surface area contributed by atoms with Crippen LogP contribution < -0.4 is 9.47 Å². The van der Waals surface area contributed by atoms with Crippen LogP contribution in [-0.4, -0.2) is 41.4 Å². The van der Waals surface area contributed by atoms with Gasteiger partial charge >= 0.3 is 0 Å². The summed E-state index contributed by atoms with van der Waals surface area (Å²) in [7, 11) is 5.10. The van der Waals surface area contributed by atoms with E-state index in [0.29, 0.717) is 24.4 Å². The summed E-state index contributed by atoms with van der Waals surface area (Å²) in [5.74, 6) is 1.45. The first-order valence-corrected chi connectivity index (χ1v) is 7.56. The number of benzene rings is 1. The summed E-state index contributed by atoms with van der Waals surface area (Å²) in [5.41, 5.74) is 3.85. The van der Waals surface area contributed by atoms with Gasteiger partial charge in [-0.1, -0.05) is 0 Å². The molecule has 0 aliphatic carbocycles. The van der Waals surface area contributed by atoms with Crippen LogP contribution in [0.2, 0.25) is 0 Å². The van der Waals surface area contributed by atoms with Crippen molar-refractivity contribution in [3.05, 3.63) is 40.7 Å². The number of rotatable bonds is 3. The van der Waals surface area contributed by atoms with E-state index < -0.39 is 0 Å². The van der Waals surface area contributed by atoms with Crippen LogP contribution in [0.4, 0.5) is 0 Å². The lowest BCUT2D eigenvalue weighted by Crippen LogP contribution is -2.36. The molecule has 0 saturated heterocycles. The molecule has 0 saturated carbocycles. The Labute approximate surface area is 135 Å². The fraction of sp³-hybridized carbons (Fsp3) is 0.412. The SMILES string of the molecule is COc1cc2c(cc1OC)CN(C(=O)c1cnn(C)c1C)CC2. The van der Waals surface area contributed by atoms with Crippen molar-refractivity contribution < 1.29 is 14.3 Å². The Morgan fingerprint density at radius 3 is 2.39 bits per heavy atom. The molecule has 0 bridgehead atoms. The Balaban J connectivity index is 1.88. The van der Waals surface area contributed by atoms with Crippen molar-refractivity contribution >= 4 is 5.91 Å². The lowest BCUT2D eigenvalue weighted by molar-refractivity contribution is 0.0733. The van der Waals surface area contributed by atoms with Crippen molar-refractivity contribution in [3.63, 3.8) is 0 Å². The summed E-state index contributed by atoms with van der Waals surface area (Å²) in [6.07, 6.45) is 2.45. The standard InChI is InChI=1S/C17H21N3O3/c1-11-14(9-18-19(11)2)17(21)20-6-5-12-7-15(22-3)16(23-4)8-13(12)10-20/h7-9H,5-6,10H2,1-4H3. The van der Waals surface area contributed by atoms with Crippen LogP contribution in [0, 0.1) is 6.92 Å². The Kier molecular flexibility index (Phi) is 3.98. The third-order valence-corrected chi connectivity index (χ3v) is 4.47. The minimum Gasteiger partial charge on any atom is -0.493 e. The number of aryl methyl sites for hydroxylation is 1. The molecular weight excluding hydrogens is 294 g/mol. The topological polar surface area (TPSA) is 56.6 Å². The Morgan fingerprint density at radius 2 is 1.83 bits per heavy atom. The number of hydrogen-bond acceptors (Lipinski definition) is 4. The van der Waals surface area contributed by atoms with E-state index in [4.69, 9.17) is 9.47 Å². The molecule has 23 heavy (non-hydrogen) atoms. The summed E-state index contributed by atoms with van der Waals surface area (Å²) in [5, 5.41) is 4.16. The molecule has 0 unspecified atom stereocenters. The van der Waals surface area contributed by atoms with Gasteiger partial charge in [0.1, 0.15) is 0 Å². The highest BCUT2D eigenvalue weighted by Gasteiger charge is 2.25. The highest BCUT2D eigenvalue weighted by molar-refractivity contribution is 5.95.